The number of ether oxygens (including phenoxy) is 1. The summed E-state index contributed by atoms with van der Waals surface area (Å²) in [5, 5.41) is 10.9. The van der Waals surface area contributed by atoms with Gasteiger partial charge in [-0.1, -0.05) is 18.2 Å². The standard InChI is InChI=1S/C33H34N8O4/c1-39(21-23-9-13-29(38-37-23)41-20-17-30(42)36-33(41)44)24-15-18-40(19-16-24)28-14-12-27(32(34)43)31(35-28)22-7-10-26(11-8-22)45-25-5-3-2-4-6-25/h2-14,24H,15-21H2,1H3,(H2,34,43)(H,36,42,44). The van der Waals surface area contributed by atoms with Crippen molar-refractivity contribution in [3.05, 3.63) is 90.1 Å². The van der Waals surface area contributed by atoms with E-state index in [0.29, 0.717) is 35.4 Å². The Balaban J connectivity index is 1.08. The number of benzene rings is 2. The first kappa shape index (κ1) is 29.7. The second-order valence-electron chi connectivity index (χ2n) is 11.1. The molecule has 3 N–H and O–H groups in total. The van der Waals surface area contributed by atoms with E-state index < -0.39 is 11.9 Å². The van der Waals surface area contributed by atoms with E-state index in [0.717, 1.165) is 48.8 Å². The van der Waals surface area contributed by atoms with E-state index in [1.807, 2.05) is 66.7 Å². The summed E-state index contributed by atoms with van der Waals surface area (Å²) < 4.78 is 5.91. The molecule has 2 aliphatic heterocycles. The minimum atomic E-state index is -0.528. The van der Waals surface area contributed by atoms with Crippen LogP contribution in [0, 0.1) is 0 Å². The molecule has 2 fully saturated rings. The molecule has 4 amide bonds. The Morgan fingerprint density at radius 1 is 0.911 bits per heavy atom. The monoisotopic (exact) mass is 606 g/mol. The quantitative estimate of drug-likeness (QED) is 0.289. The van der Waals surface area contributed by atoms with Crippen molar-refractivity contribution in [3.63, 3.8) is 0 Å². The Morgan fingerprint density at radius 3 is 2.29 bits per heavy atom. The fourth-order valence-corrected chi connectivity index (χ4v) is 5.63. The van der Waals surface area contributed by atoms with Gasteiger partial charge >= 0.3 is 6.03 Å². The summed E-state index contributed by atoms with van der Waals surface area (Å²) in [4.78, 5) is 46.6. The van der Waals surface area contributed by atoms with E-state index in [2.05, 4.69) is 32.4 Å². The van der Waals surface area contributed by atoms with E-state index in [4.69, 9.17) is 15.5 Å². The molecule has 2 aliphatic rings. The van der Waals surface area contributed by atoms with Crippen LogP contribution in [0.15, 0.2) is 78.9 Å². The van der Waals surface area contributed by atoms with Gasteiger partial charge in [0.25, 0.3) is 5.91 Å². The van der Waals surface area contributed by atoms with E-state index in [9.17, 15) is 14.4 Å². The molecule has 0 bridgehead atoms. The van der Waals surface area contributed by atoms with Crippen molar-refractivity contribution in [2.24, 2.45) is 5.73 Å². The number of amides is 4. The molecule has 2 aromatic carbocycles. The number of carbonyl (C=O) groups excluding carboxylic acids is 3. The van der Waals surface area contributed by atoms with E-state index in [1.54, 1.807) is 12.1 Å². The summed E-state index contributed by atoms with van der Waals surface area (Å²) in [6, 6.07) is 24.1. The lowest BCUT2D eigenvalue weighted by Gasteiger charge is -2.37. The van der Waals surface area contributed by atoms with Gasteiger partial charge in [-0.15, -0.1) is 5.10 Å². The van der Waals surface area contributed by atoms with Gasteiger partial charge in [-0.05, 0) is 80.6 Å². The molecule has 0 saturated carbocycles. The van der Waals surface area contributed by atoms with Crippen LogP contribution < -0.4 is 25.6 Å². The summed E-state index contributed by atoms with van der Waals surface area (Å²) in [6.07, 6.45) is 2.08. The lowest BCUT2D eigenvalue weighted by atomic mass is 10.0. The van der Waals surface area contributed by atoms with Crippen LogP contribution in [0.25, 0.3) is 11.3 Å². The number of carbonyl (C=O) groups is 3. The Morgan fingerprint density at radius 2 is 1.62 bits per heavy atom. The second kappa shape index (κ2) is 13.1. The number of aromatic nitrogens is 3. The molecule has 2 saturated heterocycles. The first-order chi connectivity index (χ1) is 21.8. The zero-order valence-electron chi connectivity index (χ0n) is 24.9. The number of rotatable bonds is 9. The molecular formula is C33H34N8O4. The highest BCUT2D eigenvalue weighted by molar-refractivity contribution is 6.05. The van der Waals surface area contributed by atoms with Gasteiger partial charge in [0.1, 0.15) is 17.3 Å². The van der Waals surface area contributed by atoms with Crippen molar-refractivity contribution in [3.8, 4) is 22.8 Å². The van der Waals surface area contributed by atoms with Crippen molar-refractivity contribution >= 4 is 29.5 Å². The highest BCUT2D eigenvalue weighted by Crippen LogP contribution is 2.30. The highest BCUT2D eigenvalue weighted by Gasteiger charge is 2.27. The normalized spacial score (nSPS) is 15.7. The zero-order chi connectivity index (χ0) is 31.3. The Labute approximate surface area is 260 Å². The predicted octanol–water partition coefficient (Wildman–Crippen LogP) is 3.98. The zero-order valence-corrected chi connectivity index (χ0v) is 24.9. The number of hydrogen-bond acceptors (Lipinski definition) is 9. The fourth-order valence-electron chi connectivity index (χ4n) is 5.63. The Bertz CT molecular complexity index is 1670. The summed E-state index contributed by atoms with van der Waals surface area (Å²) in [6.45, 7) is 2.50. The van der Waals surface area contributed by atoms with Crippen molar-refractivity contribution in [1.29, 1.82) is 0 Å². The molecule has 6 rings (SSSR count). The number of nitrogens with zero attached hydrogens (tertiary/aromatic N) is 6. The van der Waals surface area contributed by atoms with Gasteiger partial charge in [0.05, 0.1) is 17.0 Å². The largest absolute Gasteiger partial charge is 0.457 e. The third-order valence-corrected chi connectivity index (χ3v) is 8.11. The van der Waals surface area contributed by atoms with Gasteiger partial charge in [0, 0.05) is 44.2 Å². The fraction of sp³-hybridized carbons (Fsp3) is 0.273. The maximum Gasteiger partial charge on any atom is 0.329 e. The third-order valence-electron chi connectivity index (χ3n) is 8.11. The van der Waals surface area contributed by atoms with Crippen LogP contribution in [0.3, 0.4) is 0 Å². The molecule has 0 radical (unpaired) electrons. The smallest absolute Gasteiger partial charge is 0.329 e. The minimum Gasteiger partial charge on any atom is -0.457 e. The molecule has 45 heavy (non-hydrogen) atoms. The van der Waals surface area contributed by atoms with Gasteiger partial charge in [-0.3, -0.25) is 24.7 Å². The topological polar surface area (TPSA) is 147 Å². The van der Waals surface area contributed by atoms with Crippen LogP contribution in [0.5, 0.6) is 11.5 Å². The molecule has 12 heteroatoms. The van der Waals surface area contributed by atoms with Crippen molar-refractivity contribution < 1.29 is 19.1 Å². The SMILES string of the molecule is CN(Cc1ccc(N2CCC(=O)NC2=O)nn1)C1CCN(c2ccc(C(N)=O)c(-c3ccc(Oc4ccccc4)cc3)n2)CC1. The molecule has 0 aliphatic carbocycles. The van der Waals surface area contributed by atoms with E-state index in [-0.39, 0.29) is 18.9 Å². The van der Waals surface area contributed by atoms with Gasteiger partial charge < -0.3 is 15.4 Å². The maximum absolute atomic E-state index is 12.3. The number of urea groups is 1. The van der Waals surface area contributed by atoms with Crippen LogP contribution in [-0.2, 0) is 11.3 Å². The minimum absolute atomic E-state index is 0.237. The number of nitrogens with one attached hydrogen (secondary N) is 1. The van der Waals surface area contributed by atoms with Crippen LogP contribution in [0.4, 0.5) is 16.4 Å². The predicted molar refractivity (Wildman–Crippen MR) is 169 cm³/mol. The second-order valence-corrected chi connectivity index (χ2v) is 11.1. The van der Waals surface area contributed by atoms with Crippen molar-refractivity contribution in [2.75, 3.05) is 36.5 Å². The number of pyridine rings is 1. The average Bonchev–Trinajstić information content (AvgIpc) is 3.06. The molecule has 2 aromatic heterocycles. The van der Waals surface area contributed by atoms with Crippen LogP contribution in [0.1, 0.15) is 35.3 Å². The molecule has 12 nitrogen and oxygen atoms in total. The van der Waals surface area contributed by atoms with Crippen molar-refractivity contribution in [1.82, 2.24) is 25.4 Å². The first-order valence-electron chi connectivity index (χ1n) is 14.9. The first-order valence-corrected chi connectivity index (χ1v) is 14.9. The average molecular weight is 607 g/mol. The molecule has 4 heterocycles. The Hall–Kier alpha value is -5.36. The van der Waals surface area contributed by atoms with Crippen LogP contribution in [0.2, 0.25) is 0 Å². The molecule has 0 atom stereocenters. The number of hydrogen-bond donors (Lipinski definition) is 2. The molecule has 230 valence electrons. The van der Waals surface area contributed by atoms with E-state index >= 15 is 0 Å². The number of imide groups is 1. The number of nitrogens with two attached hydrogens (primary N) is 1. The van der Waals surface area contributed by atoms with Crippen LogP contribution >= 0.6 is 0 Å². The molecule has 4 aromatic rings. The van der Waals surface area contributed by atoms with Gasteiger partial charge in [-0.2, -0.15) is 5.10 Å². The lowest BCUT2D eigenvalue weighted by molar-refractivity contribution is -0.120. The van der Waals surface area contributed by atoms with Crippen molar-refractivity contribution in [2.45, 2.75) is 31.8 Å². The summed E-state index contributed by atoms with van der Waals surface area (Å²) in [5.41, 5.74) is 8.21. The molecule has 0 unspecified atom stereocenters. The lowest BCUT2D eigenvalue weighted by Crippen LogP contribution is -2.50. The van der Waals surface area contributed by atoms with E-state index in [1.165, 1.54) is 4.90 Å². The summed E-state index contributed by atoms with van der Waals surface area (Å²) in [5.74, 6) is 1.83. The number of piperidine rings is 1. The van der Waals surface area contributed by atoms with Gasteiger partial charge in [0.15, 0.2) is 5.82 Å². The highest BCUT2D eigenvalue weighted by atomic mass is 16.5. The Kier molecular flexibility index (Phi) is 8.65. The third kappa shape index (κ3) is 6.91. The number of anilines is 2. The van der Waals surface area contributed by atoms with Gasteiger partial charge in [-0.25, -0.2) is 9.78 Å². The number of para-hydroxylation sites is 1. The molecular weight excluding hydrogens is 572 g/mol. The summed E-state index contributed by atoms with van der Waals surface area (Å²) >= 11 is 0. The summed E-state index contributed by atoms with van der Waals surface area (Å²) in [7, 11) is 2.07. The molecule has 0 spiro atoms. The maximum atomic E-state index is 12.3. The van der Waals surface area contributed by atoms with Crippen LogP contribution in [-0.4, -0.2) is 70.7 Å². The number of primary amides is 1. The van der Waals surface area contributed by atoms with Gasteiger partial charge in [0.2, 0.25) is 5.91 Å².